The van der Waals surface area contributed by atoms with Crippen LogP contribution in [0.2, 0.25) is 0 Å². The Bertz CT molecular complexity index is 1020. The molecule has 2 atom stereocenters. The smallest absolute Gasteiger partial charge is 0.168 e. The SMILES string of the molecule is CC12Cc3[nH]c(-c4ccnc(N)c4)c(Cc4ccccc4)c3C(=O)C1C2. The Balaban J connectivity index is 1.68. The molecule has 2 heterocycles. The third-order valence-electron chi connectivity index (χ3n) is 5.97. The minimum atomic E-state index is 0.146. The highest BCUT2D eigenvalue weighted by atomic mass is 16.1. The van der Waals surface area contributed by atoms with E-state index >= 15 is 0 Å². The number of anilines is 1. The number of Topliss-reactive ketones (excluding diaryl/α,β-unsaturated/α-hetero) is 1. The molecule has 0 spiro atoms. The lowest BCUT2D eigenvalue weighted by Gasteiger charge is -2.17. The van der Waals surface area contributed by atoms with Gasteiger partial charge in [-0.2, -0.15) is 0 Å². The largest absolute Gasteiger partial charge is 0.384 e. The number of aromatic nitrogens is 2. The van der Waals surface area contributed by atoms with E-state index in [0.29, 0.717) is 11.6 Å². The minimum Gasteiger partial charge on any atom is -0.384 e. The molecule has 2 aliphatic carbocycles. The number of carbonyl (C=O) groups is 1. The van der Waals surface area contributed by atoms with Crippen molar-refractivity contribution in [3.05, 3.63) is 71.0 Å². The lowest BCUT2D eigenvalue weighted by atomic mass is 9.84. The maximum absolute atomic E-state index is 13.1. The number of hydrogen-bond donors (Lipinski definition) is 2. The zero-order valence-electron chi connectivity index (χ0n) is 14.8. The highest BCUT2D eigenvalue weighted by Crippen LogP contribution is 2.59. The van der Waals surface area contributed by atoms with Gasteiger partial charge in [0.25, 0.3) is 0 Å². The van der Waals surface area contributed by atoms with E-state index in [4.69, 9.17) is 5.73 Å². The summed E-state index contributed by atoms with van der Waals surface area (Å²) in [5.41, 5.74) is 12.3. The maximum Gasteiger partial charge on any atom is 0.168 e. The molecule has 5 rings (SSSR count). The summed E-state index contributed by atoms with van der Waals surface area (Å²) in [7, 11) is 0. The van der Waals surface area contributed by atoms with Gasteiger partial charge in [0.1, 0.15) is 5.82 Å². The molecular formula is C22H21N3O. The molecule has 2 unspecified atom stereocenters. The fourth-order valence-electron chi connectivity index (χ4n) is 4.44. The first-order valence-electron chi connectivity index (χ1n) is 9.09. The summed E-state index contributed by atoms with van der Waals surface area (Å²) in [5, 5.41) is 0. The number of hydrogen-bond acceptors (Lipinski definition) is 3. The van der Waals surface area contributed by atoms with E-state index < -0.39 is 0 Å². The number of nitrogens with one attached hydrogen (secondary N) is 1. The van der Waals surface area contributed by atoms with Crippen LogP contribution in [0, 0.1) is 11.3 Å². The van der Waals surface area contributed by atoms with Gasteiger partial charge < -0.3 is 10.7 Å². The minimum absolute atomic E-state index is 0.146. The van der Waals surface area contributed by atoms with Gasteiger partial charge in [-0.05, 0) is 41.5 Å². The highest BCUT2D eigenvalue weighted by molar-refractivity contribution is 6.05. The first-order chi connectivity index (χ1) is 12.5. The van der Waals surface area contributed by atoms with Gasteiger partial charge in [-0.3, -0.25) is 4.79 Å². The number of aromatic amines is 1. The van der Waals surface area contributed by atoms with E-state index in [-0.39, 0.29) is 11.3 Å². The molecule has 0 amide bonds. The van der Waals surface area contributed by atoms with Crippen molar-refractivity contribution in [2.45, 2.75) is 26.2 Å². The van der Waals surface area contributed by atoms with E-state index in [2.05, 4.69) is 29.0 Å². The Morgan fingerprint density at radius 3 is 2.85 bits per heavy atom. The van der Waals surface area contributed by atoms with Crippen molar-refractivity contribution < 1.29 is 4.79 Å². The predicted octanol–water partition coefficient (Wildman–Crippen LogP) is 4.01. The lowest BCUT2D eigenvalue weighted by Crippen LogP contribution is -2.20. The zero-order valence-corrected chi connectivity index (χ0v) is 14.8. The molecule has 0 saturated heterocycles. The number of benzene rings is 1. The van der Waals surface area contributed by atoms with Crippen LogP contribution in [-0.2, 0) is 12.8 Å². The van der Waals surface area contributed by atoms with Crippen LogP contribution in [-0.4, -0.2) is 15.8 Å². The number of H-pyrrole nitrogens is 1. The molecule has 3 N–H and O–H groups in total. The average molecular weight is 343 g/mol. The summed E-state index contributed by atoms with van der Waals surface area (Å²) >= 11 is 0. The Morgan fingerprint density at radius 1 is 1.27 bits per heavy atom. The Morgan fingerprint density at radius 2 is 2.08 bits per heavy atom. The van der Waals surface area contributed by atoms with E-state index in [9.17, 15) is 4.79 Å². The van der Waals surface area contributed by atoms with Crippen molar-refractivity contribution in [1.29, 1.82) is 0 Å². The van der Waals surface area contributed by atoms with Crippen molar-refractivity contribution >= 4 is 11.6 Å². The second kappa shape index (κ2) is 5.31. The lowest BCUT2D eigenvalue weighted by molar-refractivity contribution is 0.0939. The maximum atomic E-state index is 13.1. The molecule has 3 aromatic rings. The van der Waals surface area contributed by atoms with Crippen LogP contribution < -0.4 is 5.73 Å². The van der Waals surface area contributed by atoms with E-state index in [1.165, 1.54) is 5.56 Å². The van der Waals surface area contributed by atoms with Crippen LogP contribution in [0.25, 0.3) is 11.3 Å². The van der Waals surface area contributed by atoms with Crippen molar-refractivity contribution in [2.75, 3.05) is 5.73 Å². The summed E-state index contributed by atoms with van der Waals surface area (Å²) in [6, 6.07) is 14.1. The van der Waals surface area contributed by atoms with Crippen molar-refractivity contribution in [2.24, 2.45) is 11.3 Å². The van der Waals surface area contributed by atoms with Gasteiger partial charge in [-0.15, -0.1) is 0 Å². The Labute approximate surface area is 152 Å². The molecule has 2 aromatic heterocycles. The fourth-order valence-corrected chi connectivity index (χ4v) is 4.44. The third-order valence-corrected chi connectivity index (χ3v) is 5.97. The number of nitrogens with zero attached hydrogens (tertiary/aromatic N) is 1. The van der Waals surface area contributed by atoms with E-state index in [1.807, 2.05) is 30.3 Å². The third kappa shape index (κ3) is 2.29. The summed E-state index contributed by atoms with van der Waals surface area (Å²) in [6.07, 6.45) is 4.41. The second-order valence-corrected chi connectivity index (χ2v) is 7.92. The van der Waals surface area contributed by atoms with E-state index in [0.717, 1.165) is 47.3 Å². The summed E-state index contributed by atoms with van der Waals surface area (Å²) < 4.78 is 0. The van der Waals surface area contributed by atoms with Crippen molar-refractivity contribution in [3.63, 3.8) is 0 Å². The number of carbonyl (C=O) groups excluding carboxylic acids is 1. The van der Waals surface area contributed by atoms with Crippen LogP contribution in [0.1, 0.15) is 40.5 Å². The molecule has 1 fully saturated rings. The Hall–Kier alpha value is -2.88. The highest BCUT2D eigenvalue weighted by Gasteiger charge is 2.58. The first-order valence-corrected chi connectivity index (χ1v) is 9.09. The Kier molecular flexibility index (Phi) is 3.14. The number of rotatable bonds is 3. The number of fused-ring (bicyclic) bond motifs is 2. The van der Waals surface area contributed by atoms with E-state index in [1.54, 1.807) is 6.20 Å². The molecule has 130 valence electrons. The molecule has 4 heteroatoms. The monoisotopic (exact) mass is 343 g/mol. The summed E-state index contributed by atoms with van der Waals surface area (Å²) in [5.74, 6) is 0.988. The zero-order chi connectivity index (χ0) is 17.9. The summed E-state index contributed by atoms with van der Waals surface area (Å²) in [6.45, 7) is 2.22. The number of nitrogens with two attached hydrogens (primary N) is 1. The standard InChI is InChI=1S/C22H21N3O/c1-22-11-16(22)21(26)19-15(9-13-5-3-2-4-6-13)20(25-17(19)12-22)14-7-8-24-18(23)10-14/h2-8,10,16,25H,9,11-12H2,1H3,(H2,23,24). The van der Waals surface area contributed by atoms with Gasteiger partial charge in [0, 0.05) is 35.4 Å². The van der Waals surface area contributed by atoms with Crippen LogP contribution in [0.3, 0.4) is 0 Å². The molecule has 1 aromatic carbocycles. The average Bonchev–Trinajstić information content (AvgIpc) is 3.19. The molecule has 1 saturated carbocycles. The van der Waals surface area contributed by atoms with Crippen molar-refractivity contribution in [3.8, 4) is 11.3 Å². The molecule has 0 aliphatic heterocycles. The molecule has 4 nitrogen and oxygen atoms in total. The number of pyridine rings is 1. The molecular weight excluding hydrogens is 322 g/mol. The van der Waals surface area contributed by atoms with Crippen molar-refractivity contribution in [1.82, 2.24) is 9.97 Å². The van der Waals surface area contributed by atoms with Gasteiger partial charge in [0.05, 0.1) is 5.69 Å². The quantitative estimate of drug-likeness (QED) is 0.754. The van der Waals surface area contributed by atoms with Crippen LogP contribution >= 0.6 is 0 Å². The van der Waals surface area contributed by atoms with Crippen LogP contribution in [0.4, 0.5) is 5.82 Å². The topological polar surface area (TPSA) is 71.8 Å². The van der Waals surface area contributed by atoms with Gasteiger partial charge in [0.15, 0.2) is 5.78 Å². The normalized spacial score (nSPS) is 23.4. The van der Waals surface area contributed by atoms with Gasteiger partial charge in [-0.1, -0.05) is 37.3 Å². The molecule has 26 heavy (non-hydrogen) atoms. The molecule has 2 aliphatic rings. The van der Waals surface area contributed by atoms with Gasteiger partial charge in [-0.25, -0.2) is 4.98 Å². The van der Waals surface area contributed by atoms with Gasteiger partial charge in [0.2, 0.25) is 0 Å². The fraction of sp³-hybridized carbons (Fsp3) is 0.273. The number of nitrogen functional groups attached to an aromatic ring is 1. The summed E-state index contributed by atoms with van der Waals surface area (Å²) in [4.78, 5) is 20.8. The van der Waals surface area contributed by atoms with Gasteiger partial charge >= 0.3 is 0 Å². The number of ketones is 1. The van der Waals surface area contributed by atoms with Crippen LogP contribution in [0.5, 0.6) is 0 Å². The molecule has 0 bridgehead atoms. The molecule has 0 radical (unpaired) electrons. The second-order valence-electron chi connectivity index (χ2n) is 7.92. The first kappa shape index (κ1) is 15.4. The van der Waals surface area contributed by atoms with Crippen LogP contribution in [0.15, 0.2) is 48.7 Å². The predicted molar refractivity (Wildman–Crippen MR) is 102 cm³/mol.